The van der Waals surface area contributed by atoms with Crippen LogP contribution in [0.5, 0.6) is 5.75 Å². The number of amides is 2. The normalized spacial score (nSPS) is 11.5. The van der Waals surface area contributed by atoms with Gasteiger partial charge in [0.2, 0.25) is 5.91 Å². The Morgan fingerprint density at radius 1 is 0.853 bits per heavy atom. The monoisotopic (exact) mass is 458 g/mol. The van der Waals surface area contributed by atoms with Crippen LogP contribution in [0.2, 0.25) is 0 Å². The maximum absolute atomic E-state index is 13.5. The summed E-state index contributed by atoms with van der Waals surface area (Å²) in [5.74, 6) is 0.255. The van der Waals surface area contributed by atoms with Crippen LogP contribution in [0.25, 0.3) is 0 Å². The van der Waals surface area contributed by atoms with Crippen LogP contribution in [0.1, 0.15) is 34.7 Å². The lowest BCUT2D eigenvalue weighted by molar-refractivity contribution is -0.142. The van der Waals surface area contributed by atoms with Gasteiger partial charge in [-0.05, 0) is 62.1 Å². The Balaban J connectivity index is 1.90. The standard InChI is InChI=1S/C29H34N2O3/c1-5-30-29(33)27(18-24-11-7-6-8-12-24)31(19-25-13-9-10-21(2)15-25)28(32)20-34-26-16-22(3)14-23(4)17-26/h6-17,27H,5,18-20H2,1-4H3,(H,30,33)/t27-/m0/s1. The molecule has 3 rings (SSSR count). The van der Waals surface area contributed by atoms with Crippen LogP contribution in [0.4, 0.5) is 0 Å². The van der Waals surface area contributed by atoms with Crippen LogP contribution in [-0.2, 0) is 22.6 Å². The first-order valence-electron chi connectivity index (χ1n) is 11.7. The molecule has 0 radical (unpaired) electrons. The minimum Gasteiger partial charge on any atom is -0.484 e. The zero-order chi connectivity index (χ0) is 24.5. The molecule has 0 saturated carbocycles. The summed E-state index contributed by atoms with van der Waals surface area (Å²) in [4.78, 5) is 28.4. The number of hydrogen-bond donors (Lipinski definition) is 1. The molecular weight excluding hydrogens is 424 g/mol. The number of aryl methyl sites for hydroxylation is 3. The van der Waals surface area contributed by atoms with Gasteiger partial charge in [-0.1, -0.05) is 66.2 Å². The Bertz CT molecular complexity index is 1090. The molecule has 0 aromatic heterocycles. The molecule has 5 heteroatoms. The van der Waals surface area contributed by atoms with Crippen LogP contribution in [0, 0.1) is 20.8 Å². The molecule has 0 fully saturated rings. The van der Waals surface area contributed by atoms with Gasteiger partial charge in [0.1, 0.15) is 11.8 Å². The molecule has 1 N–H and O–H groups in total. The number of ether oxygens (including phenoxy) is 1. The van der Waals surface area contributed by atoms with E-state index in [-0.39, 0.29) is 18.4 Å². The first kappa shape index (κ1) is 25.0. The van der Waals surface area contributed by atoms with Crippen molar-refractivity contribution in [3.8, 4) is 5.75 Å². The average molecular weight is 459 g/mol. The summed E-state index contributed by atoms with van der Waals surface area (Å²) in [6.45, 7) is 8.57. The molecule has 0 saturated heterocycles. The van der Waals surface area contributed by atoms with Crippen molar-refractivity contribution >= 4 is 11.8 Å². The largest absolute Gasteiger partial charge is 0.484 e. The molecule has 34 heavy (non-hydrogen) atoms. The number of benzene rings is 3. The number of likely N-dealkylation sites (N-methyl/N-ethyl adjacent to an activating group) is 1. The lowest BCUT2D eigenvalue weighted by Gasteiger charge is -2.31. The van der Waals surface area contributed by atoms with Crippen molar-refractivity contribution < 1.29 is 14.3 Å². The van der Waals surface area contributed by atoms with E-state index in [9.17, 15) is 9.59 Å². The summed E-state index contributed by atoms with van der Waals surface area (Å²) in [6, 6.07) is 23.0. The van der Waals surface area contributed by atoms with E-state index in [0.29, 0.717) is 25.3 Å². The van der Waals surface area contributed by atoms with E-state index >= 15 is 0 Å². The Morgan fingerprint density at radius 3 is 2.18 bits per heavy atom. The van der Waals surface area contributed by atoms with Crippen molar-refractivity contribution in [2.24, 2.45) is 0 Å². The maximum Gasteiger partial charge on any atom is 0.261 e. The second kappa shape index (κ2) is 12.0. The highest BCUT2D eigenvalue weighted by Crippen LogP contribution is 2.19. The summed E-state index contributed by atoms with van der Waals surface area (Å²) in [5, 5.41) is 2.91. The molecule has 0 unspecified atom stereocenters. The summed E-state index contributed by atoms with van der Waals surface area (Å²) in [5.41, 5.74) is 5.22. The second-order valence-electron chi connectivity index (χ2n) is 8.72. The van der Waals surface area contributed by atoms with Crippen molar-refractivity contribution in [3.63, 3.8) is 0 Å². The highest BCUT2D eigenvalue weighted by atomic mass is 16.5. The van der Waals surface area contributed by atoms with Gasteiger partial charge in [-0.15, -0.1) is 0 Å². The van der Waals surface area contributed by atoms with Crippen LogP contribution in [0.15, 0.2) is 72.8 Å². The molecule has 0 bridgehead atoms. The highest BCUT2D eigenvalue weighted by molar-refractivity contribution is 5.88. The zero-order valence-corrected chi connectivity index (χ0v) is 20.5. The fraction of sp³-hybridized carbons (Fsp3) is 0.310. The Labute approximate surface area is 202 Å². The van der Waals surface area contributed by atoms with E-state index in [0.717, 1.165) is 27.8 Å². The van der Waals surface area contributed by atoms with Gasteiger partial charge in [-0.3, -0.25) is 9.59 Å². The van der Waals surface area contributed by atoms with Crippen molar-refractivity contribution in [2.45, 2.75) is 46.7 Å². The van der Waals surface area contributed by atoms with Crippen molar-refractivity contribution in [1.29, 1.82) is 0 Å². The van der Waals surface area contributed by atoms with Gasteiger partial charge < -0.3 is 15.0 Å². The lowest BCUT2D eigenvalue weighted by atomic mass is 10.0. The van der Waals surface area contributed by atoms with Crippen LogP contribution in [-0.4, -0.2) is 35.9 Å². The second-order valence-corrected chi connectivity index (χ2v) is 8.72. The number of hydrogen-bond acceptors (Lipinski definition) is 3. The van der Waals surface area contributed by atoms with Crippen LogP contribution >= 0.6 is 0 Å². The van der Waals surface area contributed by atoms with Crippen molar-refractivity contribution in [3.05, 3.63) is 101 Å². The third-order valence-electron chi connectivity index (χ3n) is 5.62. The minimum atomic E-state index is -0.654. The molecular formula is C29H34N2O3. The zero-order valence-electron chi connectivity index (χ0n) is 20.5. The third kappa shape index (κ3) is 7.20. The fourth-order valence-corrected chi connectivity index (χ4v) is 4.10. The SMILES string of the molecule is CCNC(=O)[C@H](Cc1ccccc1)N(Cc1cccc(C)c1)C(=O)COc1cc(C)cc(C)c1. The molecule has 0 aliphatic heterocycles. The third-order valence-corrected chi connectivity index (χ3v) is 5.62. The topological polar surface area (TPSA) is 58.6 Å². The van der Waals surface area contributed by atoms with E-state index in [1.54, 1.807) is 4.90 Å². The molecule has 2 amide bonds. The predicted octanol–water partition coefficient (Wildman–Crippen LogP) is 4.77. The summed E-state index contributed by atoms with van der Waals surface area (Å²) >= 11 is 0. The molecule has 0 aliphatic rings. The Morgan fingerprint density at radius 2 is 1.53 bits per heavy atom. The average Bonchev–Trinajstić information content (AvgIpc) is 2.80. The summed E-state index contributed by atoms with van der Waals surface area (Å²) in [6.07, 6.45) is 0.424. The molecule has 5 nitrogen and oxygen atoms in total. The number of carbonyl (C=O) groups is 2. The van der Waals surface area contributed by atoms with Gasteiger partial charge >= 0.3 is 0 Å². The van der Waals surface area contributed by atoms with Gasteiger partial charge in [-0.25, -0.2) is 0 Å². The first-order chi connectivity index (χ1) is 16.4. The van der Waals surface area contributed by atoms with E-state index in [4.69, 9.17) is 4.74 Å². The van der Waals surface area contributed by atoms with E-state index in [1.165, 1.54) is 0 Å². The quantitative estimate of drug-likeness (QED) is 0.476. The number of rotatable bonds is 10. The highest BCUT2D eigenvalue weighted by Gasteiger charge is 2.30. The first-order valence-corrected chi connectivity index (χ1v) is 11.7. The van der Waals surface area contributed by atoms with Crippen LogP contribution < -0.4 is 10.1 Å². The van der Waals surface area contributed by atoms with Crippen LogP contribution in [0.3, 0.4) is 0 Å². The smallest absolute Gasteiger partial charge is 0.261 e. The summed E-state index contributed by atoms with van der Waals surface area (Å²) in [7, 11) is 0. The molecule has 0 aliphatic carbocycles. The van der Waals surface area contributed by atoms with E-state index in [1.807, 2.05) is 94.4 Å². The van der Waals surface area contributed by atoms with E-state index in [2.05, 4.69) is 11.4 Å². The number of carbonyl (C=O) groups excluding carboxylic acids is 2. The van der Waals surface area contributed by atoms with E-state index < -0.39 is 6.04 Å². The molecule has 3 aromatic carbocycles. The molecule has 178 valence electrons. The lowest BCUT2D eigenvalue weighted by Crippen LogP contribution is -2.51. The van der Waals surface area contributed by atoms with Gasteiger partial charge in [-0.2, -0.15) is 0 Å². The molecule has 3 aromatic rings. The molecule has 0 spiro atoms. The van der Waals surface area contributed by atoms with Gasteiger partial charge in [0.15, 0.2) is 6.61 Å². The Kier molecular flexibility index (Phi) is 8.86. The summed E-state index contributed by atoms with van der Waals surface area (Å²) < 4.78 is 5.89. The number of nitrogens with zero attached hydrogens (tertiary/aromatic N) is 1. The molecule has 0 heterocycles. The van der Waals surface area contributed by atoms with Crippen molar-refractivity contribution in [1.82, 2.24) is 10.2 Å². The van der Waals surface area contributed by atoms with Gasteiger partial charge in [0.05, 0.1) is 0 Å². The van der Waals surface area contributed by atoms with Gasteiger partial charge in [0, 0.05) is 19.5 Å². The number of nitrogens with one attached hydrogen (secondary N) is 1. The predicted molar refractivity (Wildman–Crippen MR) is 136 cm³/mol. The fourth-order valence-electron chi connectivity index (χ4n) is 4.10. The Hall–Kier alpha value is -3.60. The minimum absolute atomic E-state index is 0.139. The molecule has 1 atom stereocenters. The van der Waals surface area contributed by atoms with Crippen molar-refractivity contribution in [2.75, 3.05) is 13.2 Å². The van der Waals surface area contributed by atoms with Gasteiger partial charge in [0.25, 0.3) is 5.91 Å². The maximum atomic E-state index is 13.5.